The number of ether oxygens (including phenoxy) is 1. The number of carbonyl (C=O) groups excluding carboxylic acids is 2. The second kappa shape index (κ2) is 6.50. The Hall–Kier alpha value is -1.52. The van der Waals surface area contributed by atoms with Crippen molar-refractivity contribution in [3.8, 4) is 0 Å². The van der Waals surface area contributed by atoms with E-state index in [1.807, 2.05) is 20.8 Å². The van der Waals surface area contributed by atoms with Gasteiger partial charge in [0.05, 0.1) is 5.92 Å². The molecule has 21 heavy (non-hydrogen) atoms. The quantitative estimate of drug-likeness (QED) is 0.796. The fourth-order valence-corrected chi connectivity index (χ4v) is 2.71. The molecule has 1 saturated heterocycles. The molecule has 0 radical (unpaired) electrons. The Bertz CT molecular complexity index is 426. The predicted octanol–water partition coefficient (Wildman–Crippen LogP) is 2.47. The zero-order valence-corrected chi connectivity index (χ0v) is 13.2. The Morgan fingerprint density at radius 3 is 2.62 bits per heavy atom. The maximum absolute atomic E-state index is 12.3. The van der Waals surface area contributed by atoms with E-state index in [-0.39, 0.29) is 24.0 Å². The third-order valence-corrected chi connectivity index (χ3v) is 3.83. The second-order valence-corrected chi connectivity index (χ2v) is 6.90. The first-order valence-electron chi connectivity index (χ1n) is 7.78. The molecule has 5 heteroatoms. The van der Waals surface area contributed by atoms with E-state index in [9.17, 15) is 9.59 Å². The van der Waals surface area contributed by atoms with Gasteiger partial charge in [-0.2, -0.15) is 0 Å². The molecule has 1 aliphatic heterocycles. The minimum absolute atomic E-state index is 0.0707. The summed E-state index contributed by atoms with van der Waals surface area (Å²) in [5.74, 6) is -0.0372. The number of hydrogen-bond donors (Lipinski definition) is 1. The first kappa shape index (κ1) is 15.9. The largest absolute Gasteiger partial charge is 0.444 e. The highest BCUT2D eigenvalue weighted by atomic mass is 16.6. The van der Waals surface area contributed by atoms with Crippen LogP contribution in [-0.2, 0) is 9.53 Å². The molecule has 0 aromatic carbocycles. The van der Waals surface area contributed by atoms with E-state index < -0.39 is 5.60 Å². The van der Waals surface area contributed by atoms with Crippen LogP contribution in [0.3, 0.4) is 0 Å². The highest BCUT2D eigenvalue weighted by molar-refractivity contribution is 5.80. The van der Waals surface area contributed by atoms with E-state index in [4.69, 9.17) is 4.74 Å². The van der Waals surface area contributed by atoms with E-state index >= 15 is 0 Å². The Labute approximate surface area is 126 Å². The molecule has 0 saturated carbocycles. The van der Waals surface area contributed by atoms with Gasteiger partial charge in [-0.05, 0) is 46.5 Å². The van der Waals surface area contributed by atoms with E-state index in [0.717, 1.165) is 19.3 Å². The molecule has 118 valence electrons. The van der Waals surface area contributed by atoms with E-state index in [0.29, 0.717) is 19.5 Å². The van der Waals surface area contributed by atoms with Crippen molar-refractivity contribution in [1.29, 1.82) is 0 Å². The van der Waals surface area contributed by atoms with Crippen molar-refractivity contribution in [2.24, 2.45) is 5.92 Å². The van der Waals surface area contributed by atoms with Gasteiger partial charge in [0, 0.05) is 19.1 Å². The van der Waals surface area contributed by atoms with Crippen LogP contribution in [0.25, 0.3) is 0 Å². The minimum atomic E-state index is -0.494. The van der Waals surface area contributed by atoms with Crippen LogP contribution in [0.4, 0.5) is 4.79 Å². The molecule has 1 heterocycles. The molecular weight excluding hydrogens is 268 g/mol. The van der Waals surface area contributed by atoms with Gasteiger partial charge in [0.2, 0.25) is 5.91 Å². The molecule has 1 aliphatic carbocycles. The molecule has 1 fully saturated rings. The minimum Gasteiger partial charge on any atom is -0.444 e. The van der Waals surface area contributed by atoms with Gasteiger partial charge in [0.25, 0.3) is 0 Å². The monoisotopic (exact) mass is 294 g/mol. The van der Waals surface area contributed by atoms with Gasteiger partial charge in [-0.3, -0.25) is 4.79 Å². The number of nitrogens with one attached hydrogen (secondary N) is 1. The molecule has 0 unspecified atom stereocenters. The van der Waals surface area contributed by atoms with Crippen molar-refractivity contribution in [3.05, 3.63) is 12.2 Å². The summed E-state index contributed by atoms with van der Waals surface area (Å²) in [5, 5.41) is 3.10. The van der Waals surface area contributed by atoms with Gasteiger partial charge < -0.3 is 15.0 Å². The van der Waals surface area contributed by atoms with Crippen molar-refractivity contribution in [2.45, 2.75) is 58.1 Å². The van der Waals surface area contributed by atoms with Crippen molar-refractivity contribution in [1.82, 2.24) is 10.2 Å². The molecule has 2 aliphatic rings. The fourth-order valence-electron chi connectivity index (χ4n) is 2.71. The number of amides is 2. The number of allylic oxidation sites excluding steroid dienone is 1. The second-order valence-electron chi connectivity index (χ2n) is 6.90. The Kier molecular flexibility index (Phi) is 4.91. The third kappa shape index (κ3) is 4.76. The van der Waals surface area contributed by atoms with Gasteiger partial charge >= 0.3 is 6.09 Å². The summed E-state index contributed by atoms with van der Waals surface area (Å²) in [7, 11) is 0. The van der Waals surface area contributed by atoms with Crippen molar-refractivity contribution >= 4 is 12.0 Å². The molecule has 2 atom stereocenters. The first-order chi connectivity index (χ1) is 9.85. The summed E-state index contributed by atoms with van der Waals surface area (Å²) in [6.07, 6.45) is 7.61. The van der Waals surface area contributed by atoms with Crippen molar-refractivity contribution in [3.63, 3.8) is 0 Å². The van der Waals surface area contributed by atoms with Crippen LogP contribution in [0, 0.1) is 5.92 Å². The summed E-state index contributed by atoms with van der Waals surface area (Å²) in [4.78, 5) is 25.9. The predicted molar refractivity (Wildman–Crippen MR) is 80.8 cm³/mol. The number of rotatable bonds is 2. The normalized spacial score (nSPS) is 25.8. The van der Waals surface area contributed by atoms with Crippen LogP contribution in [0.1, 0.15) is 46.5 Å². The van der Waals surface area contributed by atoms with Gasteiger partial charge in [0.1, 0.15) is 5.60 Å². The Morgan fingerprint density at radius 1 is 1.24 bits per heavy atom. The Balaban J connectivity index is 1.80. The lowest BCUT2D eigenvalue weighted by Crippen LogP contribution is -2.41. The SMILES string of the molecule is CC(C)(C)OC(=O)N1CC[C@H](C(=O)N[C@@H]2CC=CCC2)C1. The lowest BCUT2D eigenvalue weighted by Gasteiger charge is -2.24. The lowest BCUT2D eigenvalue weighted by molar-refractivity contribution is -0.125. The van der Waals surface area contributed by atoms with Gasteiger partial charge in [-0.15, -0.1) is 0 Å². The zero-order valence-electron chi connectivity index (χ0n) is 13.2. The summed E-state index contributed by atoms with van der Waals surface area (Å²) >= 11 is 0. The standard InChI is InChI=1S/C16H26N2O3/c1-16(2,3)21-15(20)18-10-9-12(11-18)14(19)17-13-7-5-4-6-8-13/h4-5,12-13H,6-11H2,1-3H3,(H,17,19)/t12-,13+/m0/s1. The number of hydrogen-bond acceptors (Lipinski definition) is 3. The molecule has 1 N–H and O–H groups in total. The van der Waals surface area contributed by atoms with E-state index in [2.05, 4.69) is 17.5 Å². The van der Waals surface area contributed by atoms with Crippen LogP contribution >= 0.6 is 0 Å². The number of likely N-dealkylation sites (tertiary alicyclic amines) is 1. The van der Waals surface area contributed by atoms with Crippen LogP contribution < -0.4 is 5.32 Å². The summed E-state index contributed by atoms with van der Waals surface area (Å²) in [5.41, 5.74) is -0.494. The summed E-state index contributed by atoms with van der Waals surface area (Å²) in [6.45, 7) is 6.60. The molecule has 0 spiro atoms. The topological polar surface area (TPSA) is 58.6 Å². The van der Waals surface area contributed by atoms with Crippen LogP contribution in [-0.4, -0.2) is 41.6 Å². The highest BCUT2D eigenvalue weighted by Gasteiger charge is 2.34. The van der Waals surface area contributed by atoms with E-state index in [1.165, 1.54) is 0 Å². The van der Waals surface area contributed by atoms with Gasteiger partial charge in [0.15, 0.2) is 0 Å². The first-order valence-corrected chi connectivity index (χ1v) is 7.78. The van der Waals surface area contributed by atoms with Crippen molar-refractivity contribution < 1.29 is 14.3 Å². The zero-order chi connectivity index (χ0) is 15.5. The molecule has 0 aromatic heterocycles. The number of carbonyl (C=O) groups is 2. The smallest absolute Gasteiger partial charge is 0.410 e. The van der Waals surface area contributed by atoms with Gasteiger partial charge in [-0.25, -0.2) is 4.79 Å². The molecule has 2 rings (SSSR count). The maximum atomic E-state index is 12.3. The van der Waals surface area contributed by atoms with Crippen LogP contribution in [0.15, 0.2) is 12.2 Å². The Morgan fingerprint density at radius 2 is 2.00 bits per heavy atom. The third-order valence-electron chi connectivity index (χ3n) is 3.83. The van der Waals surface area contributed by atoms with E-state index in [1.54, 1.807) is 4.90 Å². The molecule has 2 amide bonds. The van der Waals surface area contributed by atoms with Crippen molar-refractivity contribution in [2.75, 3.05) is 13.1 Å². The van der Waals surface area contributed by atoms with Crippen LogP contribution in [0.2, 0.25) is 0 Å². The molecular formula is C16H26N2O3. The summed E-state index contributed by atoms with van der Waals surface area (Å²) in [6, 6.07) is 0.248. The summed E-state index contributed by atoms with van der Waals surface area (Å²) < 4.78 is 5.35. The average Bonchev–Trinajstić information content (AvgIpc) is 2.87. The highest BCUT2D eigenvalue weighted by Crippen LogP contribution is 2.20. The molecule has 0 aromatic rings. The lowest BCUT2D eigenvalue weighted by atomic mass is 10.0. The average molecular weight is 294 g/mol. The van der Waals surface area contributed by atoms with Gasteiger partial charge in [-0.1, -0.05) is 12.2 Å². The van der Waals surface area contributed by atoms with Crippen LogP contribution in [0.5, 0.6) is 0 Å². The maximum Gasteiger partial charge on any atom is 0.410 e. The number of nitrogens with zero attached hydrogens (tertiary/aromatic N) is 1. The molecule has 0 bridgehead atoms. The fraction of sp³-hybridized carbons (Fsp3) is 0.750. The molecule has 5 nitrogen and oxygen atoms in total.